The lowest BCUT2D eigenvalue weighted by atomic mass is 9.49. The van der Waals surface area contributed by atoms with Gasteiger partial charge in [0, 0.05) is 35.8 Å². The largest absolute Gasteiger partial charge is 0.457 e. The van der Waals surface area contributed by atoms with Crippen molar-refractivity contribution in [2.24, 2.45) is 23.2 Å². The fourth-order valence-corrected chi connectivity index (χ4v) is 10.5. The van der Waals surface area contributed by atoms with Gasteiger partial charge in [0.05, 0.1) is 22.3 Å². The summed E-state index contributed by atoms with van der Waals surface area (Å²) < 4.78 is 26.4. The van der Waals surface area contributed by atoms with E-state index in [0.29, 0.717) is 35.2 Å². The third-order valence-corrected chi connectivity index (χ3v) is 13.1. The highest BCUT2D eigenvalue weighted by molar-refractivity contribution is 6.11. The van der Waals surface area contributed by atoms with Crippen LogP contribution in [0.3, 0.4) is 0 Å². The predicted octanol–water partition coefficient (Wildman–Crippen LogP) is 8.95. The predicted molar refractivity (Wildman–Crippen MR) is 239 cm³/mol. The molecule has 64 heavy (non-hydrogen) atoms. The molecule has 4 bridgehead atoms. The van der Waals surface area contributed by atoms with Crippen molar-refractivity contribution in [2.45, 2.75) is 64.2 Å². The quantitative estimate of drug-likeness (QED) is 0.0752. The minimum atomic E-state index is -1.39. The van der Waals surface area contributed by atoms with E-state index in [1.807, 2.05) is 36.4 Å². The topological polar surface area (TPSA) is 156 Å². The zero-order valence-corrected chi connectivity index (χ0v) is 35.2. The molecule has 0 radical (unpaired) electrons. The second-order valence-corrected chi connectivity index (χ2v) is 17.8. The van der Waals surface area contributed by atoms with Crippen LogP contribution in [0.4, 0.5) is 10.1 Å². The van der Waals surface area contributed by atoms with Crippen molar-refractivity contribution in [1.29, 1.82) is 0 Å². The Morgan fingerprint density at radius 3 is 1.83 bits per heavy atom. The van der Waals surface area contributed by atoms with Crippen molar-refractivity contribution >= 4 is 46.3 Å². The number of carbonyl (C=O) groups excluding carboxylic acids is 5. The van der Waals surface area contributed by atoms with E-state index in [1.165, 1.54) is 55.7 Å². The third-order valence-electron chi connectivity index (χ3n) is 13.1. The summed E-state index contributed by atoms with van der Waals surface area (Å²) in [6.45, 7) is 0.438. The number of halogens is 1. The number of nitrogens with one attached hydrogen (secondary N) is 4. The summed E-state index contributed by atoms with van der Waals surface area (Å²) in [4.78, 5) is 73.1. The lowest BCUT2D eigenvalue weighted by molar-refractivity contribution is -0.118. The van der Waals surface area contributed by atoms with E-state index in [9.17, 15) is 24.0 Å². The standard InChI is InChI=1S/C52H49FN4O7/c53-44-14-8-7-13-37(44)24-46(57-48(59)42-23-38-15-16-54-45(38)25-43(42)47(58)55-31-52-26-34-17-35(27-52)19-36(18-34)28-52)49(60)56-41-21-39(50(61)63-29-32-9-3-1-4-10-32)20-40(22-41)51(62)64-30-33-11-5-2-6-12-33/h1-16,20-23,25,34-36,46,54H,17-19,24,26-31H2,(H,55,58)(H,56,60)(H,57,59)/t34?,35?,36?,46-,52?/m0/s1. The number of amides is 3. The molecule has 1 atom stereocenters. The number of rotatable bonds is 15. The number of aromatic amines is 1. The van der Waals surface area contributed by atoms with Crippen molar-refractivity contribution in [3.8, 4) is 0 Å². The van der Waals surface area contributed by atoms with Gasteiger partial charge in [0.25, 0.3) is 11.8 Å². The molecule has 4 N–H and O–H groups in total. The number of hydrogen-bond acceptors (Lipinski definition) is 7. The molecule has 12 heteroatoms. The average Bonchev–Trinajstić information content (AvgIpc) is 3.77. The van der Waals surface area contributed by atoms with Crippen LogP contribution in [0.15, 0.2) is 128 Å². The Balaban J connectivity index is 0.981. The maximum absolute atomic E-state index is 15.2. The first-order valence-electron chi connectivity index (χ1n) is 21.9. The number of esters is 2. The second-order valence-electron chi connectivity index (χ2n) is 17.8. The smallest absolute Gasteiger partial charge is 0.338 e. The fourth-order valence-electron chi connectivity index (χ4n) is 10.5. The number of hydrogen-bond donors (Lipinski definition) is 4. The summed E-state index contributed by atoms with van der Waals surface area (Å²) in [5.74, 6) is -1.89. The van der Waals surface area contributed by atoms with E-state index in [0.717, 1.165) is 30.4 Å². The highest BCUT2D eigenvalue weighted by atomic mass is 19.1. The highest BCUT2D eigenvalue weighted by Gasteiger charge is 2.50. The van der Waals surface area contributed by atoms with Crippen molar-refractivity contribution < 1.29 is 37.8 Å². The Bertz CT molecular complexity index is 2610. The molecule has 10 rings (SSSR count). The first-order valence-corrected chi connectivity index (χ1v) is 21.9. The zero-order chi connectivity index (χ0) is 44.2. The number of aromatic nitrogens is 1. The van der Waals surface area contributed by atoms with Gasteiger partial charge in [0.1, 0.15) is 25.1 Å². The van der Waals surface area contributed by atoms with Crippen molar-refractivity contribution in [3.05, 3.63) is 172 Å². The number of carbonyl (C=O) groups is 5. The highest BCUT2D eigenvalue weighted by Crippen LogP contribution is 2.59. The molecule has 4 fully saturated rings. The molecule has 0 unspecified atom stereocenters. The lowest BCUT2D eigenvalue weighted by Gasteiger charge is -2.56. The summed E-state index contributed by atoms with van der Waals surface area (Å²) in [5, 5.41) is 9.41. The van der Waals surface area contributed by atoms with Gasteiger partial charge < -0.3 is 30.4 Å². The van der Waals surface area contributed by atoms with Gasteiger partial charge in [-0.2, -0.15) is 0 Å². The molecular weight excluding hydrogens is 812 g/mol. The molecule has 5 aromatic carbocycles. The molecule has 0 aliphatic heterocycles. The van der Waals surface area contributed by atoms with Gasteiger partial charge in [-0.3, -0.25) is 14.4 Å². The van der Waals surface area contributed by atoms with Crippen molar-refractivity contribution in [3.63, 3.8) is 0 Å². The number of H-pyrrole nitrogens is 1. The summed E-state index contributed by atoms with van der Waals surface area (Å²) in [5.41, 5.74) is 2.49. The monoisotopic (exact) mass is 860 g/mol. The van der Waals surface area contributed by atoms with E-state index in [2.05, 4.69) is 20.9 Å². The third kappa shape index (κ3) is 9.61. The van der Waals surface area contributed by atoms with Gasteiger partial charge in [-0.05, 0) is 121 Å². The molecule has 326 valence electrons. The van der Waals surface area contributed by atoms with E-state index in [-0.39, 0.29) is 58.6 Å². The summed E-state index contributed by atoms with van der Waals surface area (Å²) in [6.07, 6.45) is 8.58. The van der Waals surface area contributed by atoms with Gasteiger partial charge in [0.15, 0.2) is 0 Å². The van der Waals surface area contributed by atoms with Gasteiger partial charge in [-0.25, -0.2) is 14.0 Å². The molecule has 0 spiro atoms. The normalized spacial score (nSPS) is 20.0. The fraction of sp³-hybridized carbons (Fsp3) is 0.288. The number of ether oxygens (including phenoxy) is 2. The summed E-state index contributed by atoms with van der Waals surface area (Å²) in [6, 6.07) is 31.7. The average molecular weight is 861 g/mol. The van der Waals surface area contributed by atoms with Crippen molar-refractivity contribution in [2.75, 3.05) is 11.9 Å². The minimum absolute atomic E-state index is 0.0251. The van der Waals surface area contributed by atoms with Crippen molar-refractivity contribution in [1.82, 2.24) is 15.6 Å². The van der Waals surface area contributed by atoms with Crippen LogP contribution in [-0.4, -0.2) is 47.2 Å². The maximum Gasteiger partial charge on any atom is 0.338 e. The molecule has 3 amide bonds. The molecule has 4 saturated carbocycles. The van der Waals surface area contributed by atoms with E-state index >= 15 is 4.39 Å². The van der Waals surface area contributed by atoms with Gasteiger partial charge >= 0.3 is 11.9 Å². The number of benzene rings is 5. The lowest BCUT2D eigenvalue weighted by Crippen LogP contribution is -2.51. The van der Waals surface area contributed by atoms with Crippen LogP contribution in [0.5, 0.6) is 0 Å². The molecule has 1 heterocycles. The minimum Gasteiger partial charge on any atom is -0.457 e. The Labute approximate surface area is 370 Å². The molecule has 4 aliphatic carbocycles. The van der Waals surface area contributed by atoms with Gasteiger partial charge in [-0.15, -0.1) is 0 Å². The maximum atomic E-state index is 15.2. The Morgan fingerprint density at radius 1 is 0.672 bits per heavy atom. The van der Waals surface area contributed by atoms with E-state index in [1.54, 1.807) is 54.7 Å². The summed E-state index contributed by atoms with van der Waals surface area (Å²) in [7, 11) is 0. The van der Waals surface area contributed by atoms with Gasteiger partial charge in [0.2, 0.25) is 5.91 Å². The van der Waals surface area contributed by atoms with Crippen LogP contribution in [0, 0.1) is 29.0 Å². The molecule has 1 aromatic heterocycles. The molecule has 11 nitrogen and oxygen atoms in total. The molecule has 6 aromatic rings. The Kier molecular flexibility index (Phi) is 12.1. The van der Waals surface area contributed by atoms with Crippen LogP contribution in [-0.2, 0) is 33.9 Å². The van der Waals surface area contributed by atoms with E-state index in [4.69, 9.17) is 9.47 Å². The van der Waals surface area contributed by atoms with Crippen LogP contribution in [0.1, 0.15) is 96.6 Å². The molecule has 4 aliphatic rings. The Hall–Kier alpha value is -7.08. The Morgan fingerprint density at radius 2 is 1.23 bits per heavy atom. The first-order chi connectivity index (χ1) is 31.1. The first kappa shape index (κ1) is 42.2. The van der Waals surface area contributed by atoms with Crippen LogP contribution in [0.25, 0.3) is 10.9 Å². The number of fused-ring (bicyclic) bond motifs is 1. The van der Waals surface area contributed by atoms with Crippen LogP contribution in [0.2, 0.25) is 0 Å². The molecular formula is C52H49FN4O7. The second kappa shape index (κ2) is 18.3. The van der Waals surface area contributed by atoms with Gasteiger partial charge in [-0.1, -0.05) is 78.9 Å². The van der Waals surface area contributed by atoms with Crippen LogP contribution >= 0.6 is 0 Å². The molecule has 0 saturated heterocycles. The SMILES string of the molecule is O=C(OCc1ccccc1)c1cc(NC(=O)[C@H](Cc2ccccc2F)NC(=O)c2cc3cc[nH]c3cc2C(=O)NCC23CC4CC(CC(C4)C2)C3)cc(C(=O)OCc2ccccc2)c1. The van der Waals surface area contributed by atoms with E-state index < -0.39 is 41.5 Å². The zero-order valence-electron chi connectivity index (χ0n) is 35.2. The van der Waals surface area contributed by atoms with Crippen LogP contribution < -0.4 is 16.0 Å². The number of anilines is 1. The summed E-state index contributed by atoms with van der Waals surface area (Å²) >= 11 is 0.